The minimum atomic E-state index is 0.250. The van der Waals surface area contributed by atoms with E-state index in [0.717, 1.165) is 29.5 Å². The molecule has 1 nitrogen and oxygen atoms in total. The fourth-order valence-corrected chi connectivity index (χ4v) is 2.04. The third-order valence-corrected chi connectivity index (χ3v) is 3.09. The zero-order valence-electron chi connectivity index (χ0n) is 11.0. The summed E-state index contributed by atoms with van der Waals surface area (Å²) in [6.07, 6.45) is 7.01. The highest BCUT2D eigenvalue weighted by Crippen LogP contribution is 2.18. The zero-order valence-corrected chi connectivity index (χ0v) is 11.0. The Morgan fingerprint density at radius 1 is 1.29 bits per heavy atom. The van der Waals surface area contributed by atoms with Gasteiger partial charge in [-0.2, -0.15) is 0 Å². The van der Waals surface area contributed by atoms with E-state index in [2.05, 4.69) is 13.5 Å². The van der Waals surface area contributed by atoms with Gasteiger partial charge in [0.2, 0.25) is 0 Å². The van der Waals surface area contributed by atoms with Gasteiger partial charge in [-0.15, -0.1) is 0 Å². The van der Waals surface area contributed by atoms with Crippen LogP contribution in [-0.2, 0) is 0 Å². The summed E-state index contributed by atoms with van der Waals surface area (Å²) in [5, 5.41) is 0. The van der Waals surface area contributed by atoms with Crippen LogP contribution in [0.3, 0.4) is 0 Å². The van der Waals surface area contributed by atoms with Crippen molar-refractivity contribution in [2.45, 2.75) is 46.0 Å². The molecule has 0 N–H and O–H groups in total. The third kappa shape index (κ3) is 3.85. The molecule has 92 valence electrons. The van der Waals surface area contributed by atoms with Crippen molar-refractivity contribution in [2.75, 3.05) is 0 Å². The molecule has 0 amide bonds. The van der Waals surface area contributed by atoms with Gasteiger partial charge in [0.05, 0.1) is 0 Å². The second-order valence-corrected chi connectivity index (χ2v) is 4.47. The van der Waals surface area contributed by atoms with Gasteiger partial charge >= 0.3 is 0 Å². The molecule has 0 bridgehead atoms. The molecule has 1 aromatic rings. The molecule has 0 aliphatic carbocycles. The smallest absolute Gasteiger partial charge is 0.163 e. The van der Waals surface area contributed by atoms with Crippen LogP contribution in [-0.4, -0.2) is 5.78 Å². The SMILES string of the molecule is C=Cc1c(C)cccc1C(=O)CCCCCC. The van der Waals surface area contributed by atoms with Crippen LogP contribution in [0.15, 0.2) is 24.8 Å². The summed E-state index contributed by atoms with van der Waals surface area (Å²) in [5.41, 5.74) is 2.95. The van der Waals surface area contributed by atoms with Crippen LogP contribution in [0.4, 0.5) is 0 Å². The van der Waals surface area contributed by atoms with Crippen molar-refractivity contribution in [1.82, 2.24) is 0 Å². The summed E-state index contributed by atoms with van der Waals surface area (Å²) >= 11 is 0. The number of benzene rings is 1. The monoisotopic (exact) mass is 230 g/mol. The van der Waals surface area contributed by atoms with Gasteiger partial charge in [0, 0.05) is 12.0 Å². The summed E-state index contributed by atoms with van der Waals surface area (Å²) in [6, 6.07) is 5.87. The van der Waals surface area contributed by atoms with E-state index in [4.69, 9.17) is 0 Å². The van der Waals surface area contributed by atoms with Gasteiger partial charge in [0.15, 0.2) is 5.78 Å². The van der Waals surface area contributed by atoms with Gasteiger partial charge in [-0.25, -0.2) is 0 Å². The molecule has 0 spiro atoms. The van der Waals surface area contributed by atoms with E-state index in [0.29, 0.717) is 6.42 Å². The van der Waals surface area contributed by atoms with Gasteiger partial charge < -0.3 is 0 Å². The fraction of sp³-hybridized carbons (Fsp3) is 0.438. The van der Waals surface area contributed by atoms with Crippen molar-refractivity contribution in [1.29, 1.82) is 0 Å². The lowest BCUT2D eigenvalue weighted by Crippen LogP contribution is -2.02. The number of hydrogen-bond acceptors (Lipinski definition) is 1. The molecular formula is C16H22O. The molecule has 0 aliphatic heterocycles. The maximum Gasteiger partial charge on any atom is 0.163 e. The second-order valence-electron chi connectivity index (χ2n) is 4.47. The van der Waals surface area contributed by atoms with Crippen LogP contribution in [0, 0.1) is 6.92 Å². The first-order valence-corrected chi connectivity index (χ1v) is 6.46. The average molecular weight is 230 g/mol. The van der Waals surface area contributed by atoms with Crippen molar-refractivity contribution in [3.05, 3.63) is 41.5 Å². The Morgan fingerprint density at radius 3 is 2.71 bits per heavy atom. The largest absolute Gasteiger partial charge is 0.294 e. The summed E-state index contributed by atoms with van der Waals surface area (Å²) < 4.78 is 0. The molecule has 1 rings (SSSR count). The third-order valence-electron chi connectivity index (χ3n) is 3.09. The predicted molar refractivity (Wildman–Crippen MR) is 74.4 cm³/mol. The van der Waals surface area contributed by atoms with Crippen molar-refractivity contribution in [3.63, 3.8) is 0 Å². The Kier molecular flexibility index (Phi) is 5.68. The number of carbonyl (C=O) groups excluding carboxylic acids is 1. The Bertz CT molecular complexity index is 391. The summed E-state index contributed by atoms with van der Waals surface area (Å²) in [6.45, 7) is 7.99. The standard InChI is InChI=1S/C16H22O/c1-4-6-7-8-12-16(17)15-11-9-10-13(3)14(15)5-2/h5,9-11H,2,4,6-8,12H2,1,3H3. The van der Waals surface area contributed by atoms with Gasteiger partial charge in [-0.3, -0.25) is 4.79 Å². The van der Waals surface area contributed by atoms with Crippen LogP contribution in [0.2, 0.25) is 0 Å². The Labute approximate surface area is 105 Å². The van der Waals surface area contributed by atoms with Gasteiger partial charge in [-0.05, 0) is 24.5 Å². The molecule has 1 heteroatoms. The van der Waals surface area contributed by atoms with Crippen LogP contribution >= 0.6 is 0 Å². The highest BCUT2D eigenvalue weighted by Gasteiger charge is 2.10. The Balaban J connectivity index is 2.68. The molecule has 0 aromatic heterocycles. The van der Waals surface area contributed by atoms with E-state index in [-0.39, 0.29) is 5.78 Å². The maximum atomic E-state index is 12.1. The molecule has 0 radical (unpaired) electrons. The number of carbonyl (C=O) groups is 1. The molecular weight excluding hydrogens is 208 g/mol. The number of aryl methyl sites for hydroxylation is 1. The minimum absolute atomic E-state index is 0.250. The highest BCUT2D eigenvalue weighted by atomic mass is 16.1. The summed E-state index contributed by atoms with van der Waals surface area (Å²) in [4.78, 5) is 12.1. The highest BCUT2D eigenvalue weighted by molar-refractivity contribution is 5.99. The first-order valence-electron chi connectivity index (χ1n) is 6.46. The average Bonchev–Trinajstić information content (AvgIpc) is 2.34. The molecule has 0 saturated heterocycles. The van der Waals surface area contributed by atoms with E-state index in [1.54, 1.807) is 6.08 Å². The summed E-state index contributed by atoms with van der Waals surface area (Å²) in [5.74, 6) is 0.250. The van der Waals surface area contributed by atoms with Crippen molar-refractivity contribution in [3.8, 4) is 0 Å². The minimum Gasteiger partial charge on any atom is -0.294 e. The maximum absolute atomic E-state index is 12.1. The summed E-state index contributed by atoms with van der Waals surface area (Å²) in [7, 11) is 0. The second kappa shape index (κ2) is 7.05. The Hall–Kier alpha value is -1.37. The van der Waals surface area contributed by atoms with E-state index >= 15 is 0 Å². The molecule has 0 atom stereocenters. The molecule has 0 fully saturated rings. The lowest BCUT2D eigenvalue weighted by Gasteiger charge is -2.08. The number of ketones is 1. The predicted octanol–water partition coefficient (Wildman–Crippen LogP) is 4.79. The van der Waals surface area contributed by atoms with E-state index in [9.17, 15) is 4.79 Å². The van der Waals surface area contributed by atoms with Crippen molar-refractivity contribution < 1.29 is 4.79 Å². The fourth-order valence-electron chi connectivity index (χ4n) is 2.04. The quantitative estimate of drug-likeness (QED) is 0.486. The van der Waals surface area contributed by atoms with E-state index in [1.165, 1.54) is 12.8 Å². The first kappa shape index (κ1) is 13.7. The van der Waals surface area contributed by atoms with Gasteiger partial charge in [0.25, 0.3) is 0 Å². The molecule has 0 aliphatic rings. The lowest BCUT2D eigenvalue weighted by molar-refractivity contribution is 0.0979. The molecule has 0 heterocycles. The van der Waals surface area contributed by atoms with Crippen molar-refractivity contribution >= 4 is 11.9 Å². The van der Waals surface area contributed by atoms with E-state index < -0.39 is 0 Å². The van der Waals surface area contributed by atoms with Gasteiger partial charge in [0.1, 0.15) is 0 Å². The molecule has 0 saturated carbocycles. The number of unbranched alkanes of at least 4 members (excludes halogenated alkanes) is 3. The number of rotatable bonds is 7. The number of Topliss-reactive ketones (excluding diaryl/α,β-unsaturated/α-hetero) is 1. The lowest BCUT2D eigenvalue weighted by atomic mass is 9.96. The van der Waals surface area contributed by atoms with Crippen LogP contribution in [0.1, 0.15) is 60.5 Å². The molecule has 1 aromatic carbocycles. The number of hydrogen-bond donors (Lipinski definition) is 0. The normalized spacial score (nSPS) is 10.2. The first-order chi connectivity index (χ1) is 8.20. The topological polar surface area (TPSA) is 17.1 Å². The molecule has 17 heavy (non-hydrogen) atoms. The van der Waals surface area contributed by atoms with Crippen molar-refractivity contribution in [2.24, 2.45) is 0 Å². The van der Waals surface area contributed by atoms with Gasteiger partial charge in [-0.1, -0.05) is 57.0 Å². The Morgan fingerprint density at radius 2 is 2.06 bits per heavy atom. The van der Waals surface area contributed by atoms with Crippen LogP contribution in [0.5, 0.6) is 0 Å². The van der Waals surface area contributed by atoms with Crippen LogP contribution in [0.25, 0.3) is 6.08 Å². The van der Waals surface area contributed by atoms with Crippen LogP contribution < -0.4 is 0 Å². The molecule has 0 unspecified atom stereocenters. The van der Waals surface area contributed by atoms with E-state index in [1.807, 2.05) is 25.1 Å². The zero-order chi connectivity index (χ0) is 12.7.